The van der Waals surface area contributed by atoms with E-state index < -0.39 is 17.8 Å². The molecule has 0 aliphatic rings. The minimum atomic E-state index is -4.43. The number of hydrogen-bond acceptors (Lipinski definition) is 4. The number of carbonyl (C=O) groups is 1. The fraction of sp³-hybridized carbons (Fsp3) is 0.174. The van der Waals surface area contributed by atoms with Gasteiger partial charge >= 0.3 is 12.2 Å². The van der Waals surface area contributed by atoms with Crippen molar-refractivity contribution < 1.29 is 18.0 Å². The summed E-state index contributed by atoms with van der Waals surface area (Å²) in [6, 6.07) is 10.9. The fourth-order valence-electron chi connectivity index (χ4n) is 3.49. The van der Waals surface area contributed by atoms with Crippen molar-refractivity contribution in [2.75, 3.05) is 16.4 Å². The van der Waals surface area contributed by atoms with Crippen LogP contribution in [0.2, 0.25) is 0 Å². The first-order chi connectivity index (χ1) is 15.6. The number of carbonyl (C=O) groups excluding carboxylic acids is 1. The lowest BCUT2D eigenvalue weighted by Crippen LogP contribution is -2.19. The van der Waals surface area contributed by atoms with Crippen molar-refractivity contribution in [3.8, 4) is 11.1 Å². The number of alkyl halides is 3. The molecule has 4 aromatic rings. The first kappa shape index (κ1) is 22.1. The van der Waals surface area contributed by atoms with Crippen LogP contribution in [0.4, 0.5) is 35.2 Å². The largest absolute Gasteiger partial charge is 0.416 e. The lowest BCUT2D eigenvalue weighted by atomic mass is 10.1. The number of nitrogens with zero attached hydrogens (tertiary/aromatic N) is 3. The number of benzene rings is 2. The maximum absolute atomic E-state index is 12.7. The van der Waals surface area contributed by atoms with Crippen molar-refractivity contribution in [2.24, 2.45) is 0 Å². The second-order valence-corrected chi connectivity index (χ2v) is 7.73. The quantitative estimate of drug-likeness (QED) is 0.356. The predicted octanol–water partition coefficient (Wildman–Crippen LogP) is 5.92. The van der Waals surface area contributed by atoms with Gasteiger partial charge in [-0.25, -0.2) is 14.8 Å². The van der Waals surface area contributed by atoms with Crippen LogP contribution in [0.1, 0.15) is 25.5 Å². The predicted molar refractivity (Wildman–Crippen MR) is 122 cm³/mol. The zero-order valence-corrected chi connectivity index (χ0v) is 17.8. The third-order valence-electron chi connectivity index (χ3n) is 5.12. The summed E-state index contributed by atoms with van der Waals surface area (Å²) in [4.78, 5) is 20.7. The third-order valence-corrected chi connectivity index (χ3v) is 5.12. The topological polar surface area (TPSA) is 97.9 Å². The summed E-state index contributed by atoms with van der Waals surface area (Å²) in [5, 5.41) is 5.92. The number of aromatic nitrogens is 3. The van der Waals surface area contributed by atoms with Crippen molar-refractivity contribution in [1.29, 1.82) is 0 Å². The Hall–Kier alpha value is -4.08. The molecule has 0 bridgehead atoms. The summed E-state index contributed by atoms with van der Waals surface area (Å²) < 4.78 is 40.0. The van der Waals surface area contributed by atoms with E-state index >= 15 is 0 Å². The lowest BCUT2D eigenvalue weighted by molar-refractivity contribution is -0.137. The normalized spacial score (nSPS) is 11.7. The maximum atomic E-state index is 12.7. The second kappa shape index (κ2) is 8.45. The molecule has 0 saturated carbocycles. The van der Waals surface area contributed by atoms with Gasteiger partial charge in [-0.15, -0.1) is 0 Å². The van der Waals surface area contributed by atoms with Gasteiger partial charge in [-0.2, -0.15) is 13.2 Å². The molecule has 33 heavy (non-hydrogen) atoms. The Morgan fingerprint density at radius 3 is 2.09 bits per heavy atom. The molecule has 2 amide bonds. The molecule has 0 spiro atoms. The molecule has 2 aromatic heterocycles. The van der Waals surface area contributed by atoms with Crippen molar-refractivity contribution in [3.05, 3.63) is 66.6 Å². The fourth-order valence-corrected chi connectivity index (χ4v) is 3.49. The average molecular weight is 454 g/mol. The number of fused-ring (bicyclic) bond motifs is 1. The Kier molecular flexibility index (Phi) is 5.67. The van der Waals surface area contributed by atoms with E-state index in [-0.39, 0.29) is 11.7 Å². The van der Waals surface area contributed by atoms with Crippen LogP contribution < -0.4 is 16.4 Å². The van der Waals surface area contributed by atoms with Crippen LogP contribution in [-0.4, -0.2) is 20.6 Å². The summed E-state index contributed by atoms with van der Waals surface area (Å²) in [5.74, 6) is 0.382. The van der Waals surface area contributed by atoms with Crippen LogP contribution in [-0.2, 0) is 6.18 Å². The standard InChI is InChI=1S/C23H21F3N6O/c1-13(2)32-11-18(19-20(27)28-12-29-21(19)32)14-3-7-16(8-4-14)30-22(33)31-17-9-5-15(6-10-17)23(24,25)26/h3-13H,1-2H3,(H2,27,28,29)(H2,30,31,33). The Balaban J connectivity index is 1.51. The van der Waals surface area contributed by atoms with E-state index in [1.807, 2.05) is 36.7 Å². The summed E-state index contributed by atoms with van der Waals surface area (Å²) in [7, 11) is 0. The van der Waals surface area contributed by atoms with Gasteiger partial charge in [0.2, 0.25) is 0 Å². The van der Waals surface area contributed by atoms with Gasteiger partial charge in [-0.3, -0.25) is 0 Å². The van der Waals surface area contributed by atoms with Crippen LogP contribution in [0.3, 0.4) is 0 Å². The van der Waals surface area contributed by atoms with Gasteiger partial charge in [0.15, 0.2) is 0 Å². The Bertz CT molecular complexity index is 1300. The first-order valence-corrected chi connectivity index (χ1v) is 10.1. The molecule has 2 aromatic carbocycles. The van der Waals surface area contributed by atoms with Crippen LogP contribution in [0.25, 0.3) is 22.2 Å². The third kappa shape index (κ3) is 4.59. The molecule has 0 saturated heterocycles. The zero-order valence-electron chi connectivity index (χ0n) is 17.8. The van der Waals surface area contributed by atoms with E-state index in [4.69, 9.17) is 5.73 Å². The zero-order chi connectivity index (χ0) is 23.8. The van der Waals surface area contributed by atoms with E-state index in [0.717, 1.165) is 34.3 Å². The Morgan fingerprint density at radius 1 is 0.970 bits per heavy atom. The summed E-state index contributed by atoms with van der Waals surface area (Å²) in [6.45, 7) is 4.09. The van der Waals surface area contributed by atoms with Gasteiger partial charge in [-0.05, 0) is 55.8 Å². The Morgan fingerprint density at radius 2 is 1.55 bits per heavy atom. The number of nitrogens with two attached hydrogens (primary N) is 1. The molecule has 0 aliphatic carbocycles. The summed E-state index contributed by atoms with van der Waals surface area (Å²) in [6.07, 6.45) is -1.02. The number of urea groups is 1. The van der Waals surface area contributed by atoms with Gasteiger partial charge in [-0.1, -0.05) is 12.1 Å². The molecule has 10 heteroatoms. The lowest BCUT2D eigenvalue weighted by Gasteiger charge is -2.10. The molecular weight excluding hydrogens is 433 g/mol. The van der Waals surface area contributed by atoms with Gasteiger partial charge in [0.1, 0.15) is 17.8 Å². The minimum absolute atomic E-state index is 0.172. The first-order valence-electron chi connectivity index (χ1n) is 10.1. The van der Waals surface area contributed by atoms with Crippen LogP contribution >= 0.6 is 0 Å². The van der Waals surface area contributed by atoms with E-state index in [1.54, 1.807) is 12.1 Å². The number of hydrogen-bond donors (Lipinski definition) is 3. The number of anilines is 3. The van der Waals surface area contributed by atoms with E-state index in [0.29, 0.717) is 11.5 Å². The second-order valence-electron chi connectivity index (χ2n) is 7.73. The monoisotopic (exact) mass is 454 g/mol. The molecule has 2 heterocycles. The molecular formula is C23H21F3N6O. The molecule has 4 rings (SSSR count). The smallest absolute Gasteiger partial charge is 0.383 e. The molecule has 4 N–H and O–H groups in total. The molecule has 0 fully saturated rings. The van der Waals surface area contributed by atoms with E-state index in [2.05, 4.69) is 20.6 Å². The molecule has 0 radical (unpaired) electrons. The minimum Gasteiger partial charge on any atom is -0.383 e. The Labute approximate surface area is 187 Å². The van der Waals surface area contributed by atoms with Gasteiger partial charge in [0, 0.05) is 29.2 Å². The molecule has 170 valence electrons. The van der Waals surface area contributed by atoms with Crippen molar-refractivity contribution in [3.63, 3.8) is 0 Å². The van der Waals surface area contributed by atoms with Crippen LogP contribution in [0.5, 0.6) is 0 Å². The van der Waals surface area contributed by atoms with Crippen LogP contribution in [0.15, 0.2) is 61.1 Å². The number of nitrogen functional groups attached to an aromatic ring is 1. The van der Waals surface area contributed by atoms with Gasteiger partial charge in [0.05, 0.1) is 10.9 Å². The summed E-state index contributed by atoms with van der Waals surface area (Å²) in [5.41, 5.74) is 8.58. The molecule has 7 nitrogen and oxygen atoms in total. The highest BCUT2D eigenvalue weighted by atomic mass is 19.4. The van der Waals surface area contributed by atoms with Crippen molar-refractivity contribution in [2.45, 2.75) is 26.1 Å². The number of halogens is 3. The highest BCUT2D eigenvalue weighted by Crippen LogP contribution is 2.34. The van der Waals surface area contributed by atoms with Crippen LogP contribution in [0, 0.1) is 0 Å². The molecule has 0 aliphatic heterocycles. The van der Waals surface area contributed by atoms with Crippen molar-refractivity contribution >= 4 is 34.3 Å². The SMILES string of the molecule is CC(C)n1cc(-c2ccc(NC(=O)Nc3ccc(C(F)(F)F)cc3)cc2)c2c(N)ncnc21. The van der Waals surface area contributed by atoms with E-state index in [1.165, 1.54) is 18.5 Å². The highest BCUT2D eigenvalue weighted by molar-refractivity contribution is 6.02. The maximum Gasteiger partial charge on any atom is 0.416 e. The van der Waals surface area contributed by atoms with E-state index in [9.17, 15) is 18.0 Å². The molecule has 0 atom stereocenters. The molecule has 0 unspecified atom stereocenters. The highest BCUT2D eigenvalue weighted by Gasteiger charge is 2.30. The number of amides is 2. The van der Waals surface area contributed by atoms with Gasteiger partial charge in [0.25, 0.3) is 0 Å². The average Bonchev–Trinajstić information content (AvgIpc) is 3.15. The number of nitrogens with one attached hydrogen (secondary N) is 2. The number of rotatable bonds is 4. The van der Waals surface area contributed by atoms with Crippen molar-refractivity contribution in [1.82, 2.24) is 14.5 Å². The van der Waals surface area contributed by atoms with Gasteiger partial charge < -0.3 is 20.9 Å². The summed E-state index contributed by atoms with van der Waals surface area (Å²) >= 11 is 0.